The standard InChI is InChI=1S/C15H25NO4/c17-11-12-4-3-7-16(10-12)13(18)8-15(9-14(19)20)5-1-2-6-15/h12,17H,1-11H2,(H,19,20). The zero-order chi connectivity index (χ0) is 14.6. The van der Waals surface area contributed by atoms with Crippen molar-refractivity contribution < 1.29 is 19.8 Å². The minimum Gasteiger partial charge on any atom is -0.481 e. The Hall–Kier alpha value is -1.10. The summed E-state index contributed by atoms with van der Waals surface area (Å²) in [6.07, 6.45) is 6.13. The van der Waals surface area contributed by atoms with E-state index in [0.29, 0.717) is 13.0 Å². The van der Waals surface area contributed by atoms with E-state index in [1.54, 1.807) is 0 Å². The molecule has 0 aromatic carbocycles. The van der Waals surface area contributed by atoms with Crippen molar-refractivity contribution in [3.63, 3.8) is 0 Å². The molecule has 1 amide bonds. The number of rotatable bonds is 5. The zero-order valence-electron chi connectivity index (χ0n) is 12.0. The molecule has 2 aliphatic rings. The molecule has 1 aliphatic carbocycles. The molecule has 0 aromatic rings. The number of carbonyl (C=O) groups excluding carboxylic acids is 1. The number of piperidine rings is 1. The van der Waals surface area contributed by atoms with Crippen LogP contribution in [0.4, 0.5) is 0 Å². The Morgan fingerprint density at radius 1 is 1.15 bits per heavy atom. The highest BCUT2D eigenvalue weighted by Gasteiger charge is 2.39. The molecule has 2 fully saturated rings. The predicted molar refractivity (Wildman–Crippen MR) is 74.2 cm³/mol. The number of amides is 1. The van der Waals surface area contributed by atoms with Crippen molar-refractivity contribution in [3.05, 3.63) is 0 Å². The van der Waals surface area contributed by atoms with Gasteiger partial charge in [-0.2, -0.15) is 0 Å². The number of aliphatic hydroxyl groups excluding tert-OH is 1. The second kappa shape index (κ2) is 6.57. The summed E-state index contributed by atoms with van der Waals surface area (Å²) in [4.78, 5) is 25.3. The number of hydrogen-bond donors (Lipinski definition) is 2. The van der Waals surface area contributed by atoms with E-state index in [1.807, 2.05) is 4.90 Å². The number of aliphatic hydroxyl groups is 1. The molecule has 1 saturated heterocycles. The largest absolute Gasteiger partial charge is 0.481 e. The molecule has 0 bridgehead atoms. The molecule has 5 heteroatoms. The fourth-order valence-electron chi connectivity index (χ4n) is 3.74. The maximum Gasteiger partial charge on any atom is 0.303 e. The Bertz CT molecular complexity index is 363. The third kappa shape index (κ3) is 3.72. The van der Waals surface area contributed by atoms with Gasteiger partial charge in [-0.25, -0.2) is 0 Å². The molecule has 2 rings (SSSR count). The van der Waals surface area contributed by atoms with Gasteiger partial charge in [0, 0.05) is 26.1 Å². The molecular formula is C15H25NO4. The summed E-state index contributed by atoms with van der Waals surface area (Å²) in [6.45, 7) is 1.50. The fourth-order valence-corrected chi connectivity index (χ4v) is 3.74. The molecule has 1 atom stereocenters. The lowest BCUT2D eigenvalue weighted by Gasteiger charge is -2.35. The van der Waals surface area contributed by atoms with Crippen LogP contribution in [-0.4, -0.2) is 46.7 Å². The fraction of sp³-hybridized carbons (Fsp3) is 0.867. The van der Waals surface area contributed by atoms with Gasteiger partial charge in [0.25, 0.3) is 0 Å². The Morgan fingerprint density at radius 2 is 1.85 bits per heavy atom. The number of aliphatic carboxylic acids is 1. The van der Waals surface area contributed by atoms with Gasteiger partial charge >= 0.3 is 5.97 Å². The second-order valence-corrected chi connectivity index (χ2v) is 6.48. The van der Waals surface area contributed by atoms with Crippen LogP contribution in [-0.2, 0) is 9.59 Å². The first-order valence-corrected chi connectivity index (χ1v) is 7.65. The monoisotopic (exact) mass is 283 g/mol. The first kappa shape index (κ1) is 15.3. The van der Waals surface area contributed by atoms with Crippen molar-refractivity contribution in [2.75, 3.05) is 19.7 Å². The molecular weight excluding hydrogens is 258 g/mol. The van der Waals surface area contributed by atoms with Gasteiger partial charge < -0.3 is 15.1 Å². The predicted octanol–water partition coefficient (Wildman–Crippen LogP) is 1.64. The highest BCUT2D eigenvalue weighted by Crippen LogP contribution is 2.44. The maximum atomic E-state index is 12.5. The zero-order valence-corrected chi connectivity index (χ0v) is 12.0. The van der Waals surface area contributed by atoms with Crippen LogP contribution in [0, 0.1) is 11.3 Å². The van der Waals surface area contributed by atoms with Gasteiger partial charge in [0.1, 0.15) is 0 Å². The number of nitrogens with zero attached hydrogens (tertiary/aromatic N) is 1. The van der Waals surface area contributed by atoms with Gasteiger partial charge in [0.15, 0.2) is 0 Å². The highest BCUT2D eigenvalue weighted by molar-refractivity contribution is 5.78. The summed E-state index contributed by atoms with van der Waals surface area (Å²) in [5.41, 5.74) is -0.324. The smallest absolute Gasteiger partial charge is 0.303 e. The lowest BCUT2D eigenvalue weighted by atomic mass is 9.79. The summed E-state index contributed by atoms with van der Waals surface area (Å²) in [5, 5.41) is 18.3. The molecule has 2 N–H and O–H groups in total. The number of carboxylic acid groups (broad SMARTS) is 1. The molecule has 1 heterocycles. The van der Waals surface area contributed by atoms with E-state index >= 15 is 0 Å². The Labute approximate surface area is 120 Å². The van der Waals surface area contributed by atoms with Crippen molar-refractivity contribution in [1.82, 2.24) is 4.90 Å². The second-order valence-electron chi connectivity index (χ2n) is 6.48. The summed E-state index contributed by atoms with van der Waals surface area (Å²) < 4.78 is 0. The molecule has 1 aliphatic heterocycles. The van der Waals surface area contributed by atoms with Gasteiger partial charge in [-0.1, -0.05) is 12.8 Å². The van der Waals surface area contributed by atoms with E-state index in [1.165, 1.54) is 0 Å². The van der Waals surface area contributed by atoms with Crippen LogP contribution in [0.25, 0.3) is 0 Å². The third-order valence-corrected chi connectivity index (χ3v) is 4.85. The first-order chi connectivity index (χ1) is 9.54. The molecule has 0 spiro atoms. The minimum atomic E-state index is -0.799. The highest BCUT2D eigenvalue weighted by atomic mass is 16.4. The van der Waals surface area contributed by atoms with E-state index in [0.717, 1.165) is 45.1 Å². The average molecular weight is 283 g/mol. The van der Waals surface area contributed by atoms with Crippen LogP contribution >= 0.6 is 0 Å². The van der Waals surface area contributed by atoms with Crippen molar-refractivity contribution >= 4 is 11.9 Å². The van der Waals surface area contributed by atoms with Crippen LogP contribution in [0.1, 0.15) is 51.4 Å². The summed E-state index contributed by atoms with van der Waals surface area (Å²) >= 11 is 0. The van der Waals surface area contributed by atoms with Crippen molar-refractivity contribution in [2.45, 2.75) is 51.4 Å². The lowest BCUT2D eigenvalue weighted by Crippen LogP contribution is -2.43. The average Bonchev–Trinajstić information content (AvgIpc) is 2.86. The van der Waals surface area contributed by atoms with E-state index in [-0.39, 0.29) is 30.3 Å². The van der Waals surface area contributed by atoms with Crippen molar-refractivity contribution in [3.8, 4) is 0 Å². The minimum absolute atomic E-state index is 0.0753. The van der Waals surface area contributed by atoms with E-state index in [2.05, 4.69) is 0 Å². The number of hydrogen-bond acceptors (Lipinski definition) is 3. The summed E-state index contributed by atoms with van der Waals surface area (Å²) in [5.74, 6) is -0.537. The number of carbonyl (C=O) groups is 2. The van der Waals surface area contributed by atoms with E-state index in [9.17, 15) is 14.7 Å². The molecule has 20 heavy (non-hydrogen) atoms. The molecule has 114 valence electrons. The van der Waals surface area contributed by atoms with Gasteiger partial charge in [0.05, 0.1) is 6.42 Å². The molecule has 0 radical (unpaired) electrons. The topological polar surface area (TPSA) is 77.8 Å². The molecule has 1 unspecified atom stereocenters. The molecule has 0 aromatic heterocycles. The maximum absolute atomic E-state index is 12.5. The van der Waals surface area contributed by atoms with Crippen molar-refractivity contribution in [1.29, 1.82) is 0 Å². The summed E-state index contributed by atoms with van der Waals surface area (Å²) in [6, 6.07) is 0. The van der Waals surface area contributed by atoms with Crippen LogP contribution in [0.2, 0.25) is 0 Å². The lowest BCUT2D eigenvalue weighted by molar-refractivity contribution is -0.142. The first-order valence-electron chi connectivity index (χ1n) is 7.65. The van der Waals surface area contributed by atoms with Crippen molar-refractivity contribution in [2.24, 2.45) is 11.3 Å². The Balaban J connectivity index is 1.96. The van der Waals surface area contributed by atoms with Crippen LogP contribution < -0.4 is 0 Å². The normalized spacial score (nSPS) is 25.6. The Kier molecular flexibility index (Phi) is 5.02. The number of likely N-dealkylation sites (tertiary alicyclic amines) is 1. The molecule has 5 nitrogen and oxygen atoms in total. The van der Waals surface area contributed by atoms with Crippen LogP contribution in [0.15, 0.2) is 0 Å². The van der Waals surface area contributed by atoms with Crippen LogP contribution in [0.3, 0.4) is 0 Å². The van der Waals surface area contributed by atoms with Crippen LogP contribution in [0.5, 0.6) is 0 Å². The van der Waals surface area contributed by atoms with E-state index < -0.39 is 5.97 Å². The van der Waals surface area contributed by atoms with Gasteiger partial charge in [0.2, 0.25) is 5.91 Å². The Morgan fingerprint density at radius 3 is 2.45 bits per heavy atom. The van der Waals surface area contributed by atoms with E-state index in [4.69, 9.17) is 5.11 Å². The van der Waals surface area contributed by atoms with Gasteiger partial charge in [-0.15, -0.1) is 0 Å². The SMILES string of the molecule is O=C(O)CC1(CC(=O)N2CCCC(CO)C2)CCCC1. The third-order valence-electron chi connectivity index (χ3n) is 4.85. The quantitative estimate of drug-likeness (QED) is 0.804. The summed E-state index contributed by atoms with van der Waals surface area (Å²) in [7, 11) is 0. The number of carboxylic acids is 1. The van der Waals surface area contributed by atoms with Gasteiger partial charge in [-0.3, -0.25) is 9.59 Å². The van der Waals surface area contributed by atoms with Gasteiger partial charge in [-0.05, 0) is 37.0 Å². The molecule has 1 saturated carbocycles.